The minimum Gasteiger partial charge on any atom is -0.481 e. The molecule has 114 valence electrons. The largest absolute Gasteiger partial charge is 0.481 e. The molecule has 6 nitrogen and oxygen atoms in total. The van der Waals surface area contributed by atoms with Gasteiger partial charge in [0.05, 0.1) is 24.7 Å². The molecule has 0 aromatic carbocycles. The predicted octanol–water partition coefficient (Wildman–Crippen LogP) is 1.59. The zero-order valence-electron chi connectivity index (χ0n) is 12.1. The van der Waals surface area contributed by atoms with Crippen molar-refractivity contribution in [3.05, 3.63) is 0 Å². The fraction of sp³-hybridized carbons (Fsp3) is 0.857. The molecule has 2 fully saturated rings. The Morgan fingerprint density at radius 1 is 1.40 bits per heavy atom. The van der Waals surface area contributed by atoms with Crippen molar-refractivity contribution in [2.45, 2.75) is 57.1 Å². The number of hydrogen-bond acceptors (Lipinski definition) is 3. The fourth-order valence-corrected chi connectivity index (χ4v) is 3.14. The van der Waals surface area contributed by atoms with E-state index < -0.39 is 11.5 Å². The minimum absolute atomic E-state index is 0.0142. The Labute approximate surface area is 119 Å². The van der Waals surface area contributed by atoms with Crippen LogP contribution >= 0.6 is 0 Å². The van der Waals surface area contributed by atoms with Gasteiger partial charge in [0.15, 0.2) is 0 Å². The molecule has 1 saturated carbocycles. The summed E-state index contributed by atoms with van der Waals surface area (Å²) < 4.78 is 5.55. The maximum Gasteiger partial charge on any atom is 0.318 e. The van der Waals surface area contributed by atoms with Gasteiger partial charge in [0, 0.05) is 13.1 Å². The quantitative estimate of drug-likeness (QED) is 0.821. The van der Waals surface area contributed by atoms with Crippen molar-refractivity contribution >= 4 is 12.0 Å². The Morgan fingerprint density at radius 3 is 2.70 bits per heavy atom. The molecule has 1 heterocycles. The standard InChI is InChI=1S/C14H24N2O4/c1-2-11-10-16(7-8-20-11)13(19)15-14(9-12(17)18)5-3-4-6-14/h11H,2-10H2,1H3,(H,15,19)(H,17,18). The van der Waals surface area contributed by atoms with Crippen LogP contribution in [0.1, 0.15) is 45.4 Å². The van der Waals surface area contributed by atoms with E-state index in [1.807, 2.05) is 6.92 Å². The molecule has 2 aliphatic rings. The van der Waals surface area contributed by atoms with E-state index in [9.17, 15) is 9.59 Å². The molecule has 1 aliphatic heterocycles. The lowest BCUT2D eigenvalue weighted by Gasteiger charge is -2.36. The van der Waals surface area contributed by atoms with Gasteiger partial charge >= 0.3 is 12.0 Å². The van der Waals surface area contributed by atoms with Crippen LogP contribution in [0, 0.1) is 0 Å². The number of carbonyl (C=O) groups excluding carboxylic acids is 1. The molecule has 2 N–H and O–H groups in total. The van der Waals surface area contributed by atoms with E-state index in [0.29, 0.717) is 19.7 Å². The molecule has 1 atom stereocenters. The second-order valence-corrected chi connectivity index (χ2v) is 5.84. The zero-order valence-corrected chi connectivity index (χ0v) is 12.1. The number of carboxylic acids is 1. The Morgan fingerprint density at radius 2 is 2.10 bits per heavy atom. The van der Waals surface area contributed by atoms with E-state index in [0.717, 1.165) is 32.1 Å². The molecular weight excluding hydrogens is 260 g/mol. The Kier molecular flexibility index (Phi) is 4.86. The number of nitrogens with zero attached hydrogens (tertiary/aromatic N) is 1. The molecule has 1 unspecified atom stereocenters. The molecule has 2 amide bonds. The molecule has 6 heteroatoms. The van der Waals surface area contributed by atoms with Gasteiger partial charge in [-0.05, 0) is 19.3 Å². The number of amides is 2. The number of ether oxygens (including phenoxy) is 1. The van der Waals surface area contributed by atoms with Gasteiger partial charge in [0.2, 0.25) is 0 Å². The second kappa shape index (κ2) is 6.43. The minimum atomic E-state index is -0.847. The van der Waals surface area contributed by atoms with Gasteiger partial charge in [-0.3, -0.25) is 4.79 Å². The molecule has 0 spiro atoms. The van der Waals surface area contributed by atoms with Crippen LogP contribution in [-0.2, 0) is 9.53 Å². The lowest BCUT2D eigenvalue weighted by atomic mass is 9.93. The van der Waals surface area contributed by atoms with E-state index in [2.05, 4.69) is 5.32 Å². The van der Waals surface area contributed by atoms with E-state index >= 15 is 0 Å². The van der Waals surface area contributed by atoms with Crippen molar-refractivity contribution in [3.63, 3.8) is 0 Å². The maximum atomic E-state index is 12.4. The summed E-state index contributed by atoms with van der Waals surface area (Å²) in [5.74, 6) is -0.847. The van der Waals surface area contributed by atoms with Crippen LogP contribution in [0.3, 0.4) is 0 Å². The highest BCUT2D eigenvalue weighted by Crippen LogP contribution is 2.32. The van der Waals surface area contributed by atoms with Gasteiger partial charge in [-0.15, -0.1) is 0 Å². The van der Waals surface area contributed by atoms with Gasteiger partial charge in [-0.2, -0.15) is 0 Å². The van der Waals surface area contributed by atoms with Gasteiger partial charge in [0.1, 0.15) is 0 Å². The predicted molar refractivity (Wildman–Crippen MR) is 73.6 cm³/mol. The first kappa shape index (κ1) is 15.1. The topological polar surface area (TPSA) is 78.9 Å². The summed E-state index contributed by atoms with van der Waals surface area (Å²) in [4.78, 5) is 25.1. The molecule has 0 bridgehead atoms. The van der Waals surface area contributed by atoms with Gasteiger partial charge < -0.3 is 20.1 Å². The summed E-state index contributed by atoms with van der Waals surface area (Å²) in [6, 6.07) is -0.144. The number of rotatable bonds is 4. The maximum absolute atomic E-state index is 12.4. The summed E-state index contributed by atoms with van der Waals surface area (Å²) in [6.07, 6.45) is 4.46. The number of morpholine rings is 1. The number of carbonyl (C=O) groups is 2. The highest BCUT2D eigenvalue weighted by Gasteiger charge is 2.39. The Bertz CT molecular complexity index is 366. The highest BCUT2D eigenvalue weighted by atomic mass is 16.5. The van der Waals surface area contributed by atoms with Crippen molar-refractivity contribution in [1.82, 2.24) is 10.2 Å². The smallest absolute Gasteiger partial charge is 0.318 e. The average molecular weight is 284 g/mol. The van der Waals surface area contributed by atoms with Gasteiger partial charge in [-0.1, -0.05) is 19.8 Å². The summed E-state index contributed by atoms with van der Waals surface area (Å²) in [7, 11) is 0. The summed E-state index contributed by atoms with van der Waals surface area (Å²) in [6.45, 7) is 3.75. The van der Waals surface area contributed by atoms with E-state index in [4.69, 9.17) is 9.84 Å². The van der Waals surface area contributed by atoms with E-state index in [1.165, 1.54) is 0 Å². The molecule has 0 radical (unpaired) electrons. The SMILES string of the molecule is CCC1CN(C(=O)NC2(CC(=O)O)CCCC2)CCO1. The molecule has 2 rings (SSSR count). The van der Waals surface area contributed by atoms with Crippen LogP contribution in [0.2, 0.25) is 0 Å². The zero-order chi connectivity index (χ0) is 14.6. The molecule has 0 aromatic rings. The highest BCUT2D eigenvalue weighted by molar-refractivity contribution is 5.77. The van der Waals surface area contributed by atoms with Gasteiger partial charge in [0.25, 0.3) is 0 Å². The first-order chi connectivity index (χ1) is 9.54. The third-order valence-electron chi connectivity index (χ3n) is 4.30. The average Bonchev–Trinajstić information content (AvgIpc) is 2.86. The van der Waals surface area contributed by atoms with E-state index in [1.54, 1.807) is 4.90 Å². The van der Waals surface area contributed by atoms with Crippen LogP contribution in [0.4, 0.5) is 4.79 Å². The monoisotopic (exact) mass is 284 g/mol. The number of hydrogen-bond donors (Lipinski definition) is 2. The van der Waals surface area contributed by atoms with Crippen molar-refractivity contribution in [2.24, 2.45) is 0 Å². The Hall–Kier alpha value is -1.30. The molecule has 0 aromatic heterocycles. The third-order valence-corrected chi connectivity index (χ3v) is 4.30. The van der Waals surface area contributed by atoms with Crippen molar-refractivity contribution in [3.8, 4) is 0 Å². The number of aliphatic carboxylic acids is 1. The number of urea groups is 1. The number of carboxylic acid groups (broad SMARTS) is 1. The Balaban J connectivity index is 1.96. The first-order valence-electron chi connectivity index (χ1n) is 7.45. The van der Waals surface area contributed by atoms with Crippen LogP contribution in [-0.4, -0.2) is 53.3 Å². The van der Waals surface area contributed by atoms with Crippen LogP contribution in [0.5, 0.6) is 0 Å². The first-order valence-corrected chi connectivity index (χ1v) is 7.45. The molecule has 20 heavy (non-hydrogen) atoms. The molecular formula is C14H24N2O4. The number of nitrogens with one attached hydrogen (secondary N) is 1. The van der Waals surface area contributed by atoms with E-state index in [-0.39, 0.29) is 18.6 Å². The summed E-state index contributed by atoms with van der Waals surface area (Å²) in [5.41, 5.74) is -0.553. The fourth-order valence-electron chi connectivity index (χ4n) is 3.14. The van der Waals surface area contributed by atoms with Crippen LogP contribution < -0.4 is 5.32 Å². The van der Waals surface area contributed by atoms with Gasteiger partial charge in [-0.25, -0.2) is 4.79 Å². The van der Waals surface area contributed by atoms with Crippen molar-refractivity contribution in [2.75, 3.05) is 19.7 Å². The molecule has 1 saturated heterocycles. The molecule has 1 aliphatic carbocycles. The van der Waals surface area contributed by atoms with Crippen LogP contribution in [0.25, 0.3) is 0 Å². The normalized spacial score (nSPS) is 25.4. The van der Waals surface area contributed by atoms with Crippen molar-refractivity contribution < 1.29 is 19.4 Å². The van der Waals surface area contributed by atoms with Crippen molar-refractivity contribution in [1.29, 1.82) is 0 Å². The summed E-state index contributed by atoms with van der Waals surface area (Å²) >= 11 is 0. The third kappa shape index (κ3) is 3.62. The van der Waals surface area contributed by atoms with Crippen LogP contribution in [0.15, 0.2) is 0 Å². The lowest BCUT2D eigenvalue weighted by Crippen LogP contribution is -2.56. The summed E-state index contributed by atoms with van der Waals surface area (Å²) in [5, 5.41) is 12.0. The lowest BCUT2D eigenvalue weighted by molar-refractivity contribution is -0.138. The second-order valence-electron chi connectivity index (χ2n) is 5.84.